The number of carbonyl (C=O) groups is 1. The maximum Gasteiger partial charge on any atom is 0.339 e. The molecule has 12 heteroatoms. The zero-order chi connectivity index (χ0) is 26.4. The van der Waals surface area contributed by atoms with Gasteiger partial charge in [-0.25, -0.2) is 9.78 Å². The largest absolute Gasteiger partial charge is 0.385 e. The van der Waals surface area contributed by atoms with Crippen molar-refractivity contribution in [2.75, 3.05) is 50.2 Å². The maximum atomic E-state index is 12.9. The molecule has 38 heavy (non-hydrogen) atoms. The van der Waals surface area contributed by atoms with Gasteiger partial charge in [0.05, 0.1) is 11.0 Å². The van der Waals surface area contributed by atoms with E-state index in [0.717, 1.165) is 64.3 Å². The molecule has 2 amide bonds. The summed E-state index contributed by atoms with van der Waals surface area (Å²) in [5.74, 6) is 1.35. The van der Waals surface area contributed by atoms with Crippen LogP contribution in [-0.2, 0) is 19.6 Å². The van der Waals surface area contributed by atoms with E-state index in [0.29, 0.717) is 29.4 Å². The lowest BCUT2D eigenvalue weighted by atomic mass is 10.0. The number of benzene rings is 2. The Morgan fingerprint density at radius 2 is 1.61 bits per heavy atom. The first-order valence-electron chi connectivity index (χ1n) is 12.9. The fourth-order valence-corrected chi connectivity index (χ4v) is 5.49. The first-order valence-corrected chi connectivity index (χ1v) is 14.3. The highest BCUT2D eigenvalue weighted by molar-refractivity contribution is 7.87. The molecule has 0 radical (unpaired) electrons. The van der Waals surface area contributed by atoms with Crippen LogP contribution in [0.15, 0.2) is 47.4 Å². The number of hydrogen-bond donors (Lipinski definition) is 4. The highest BCUT2D eigenvalue weighted by Crippen LogP contribution is 2.25. The van der Waals surface area contributed by atoms with Gasteiger partial charge >= 0.3 is 16.1 Å². The van der Waals surface area contributed by atoms with Crippen LogP contribution in [0, 0.1) is 11.8 Å². The van der Waals surface area contributed by atoms with Crippen LogP contribution < -0.4 is 20.1 Å². The number of aromatic amines is 1. The first kappa shape index (κ1) is 26.3. The molecule has 2 aromatic carbocycles. The molecule has 204 valence electrons. The standard InChI is InChI=1S/C26H33N5O6S/c32-26(28-17-19-9-13-36-14-10-19)31-25-29-23-6-3-21(15-24(23)30-25)37-38(33,34)22-4-1-20(2-5-22)27-16-18-7-11-35-12-8-18/h1-6,15,18-19,27H,7-14,16-17H2,(H3,28,29,30,31,32). The smallest absolute Gasteiger partial charge is 0.339 e. The molecule has 2 fully saturated rings. The average Bonchev–Trinajstić information content (AvgIpc) is 3.33. The number of hydrogen-bond acceptors (Lipinski definition) is 8. The van der Waals surface area contributed by atoms with Crippen LogP contribution in [0.2, 0.25) is 0 Å². The molecule has 2 saturated heterocycles. The summed E-state index contributed by atoms with van der Waals surface area (Å²) in [4.78, 5) is 19.6. The molecule has 1 aromatic heterocycles. The number of H-pyrrole nitrogens is 1. The van der Waals surface area contributed by atoms with Crippen LogP contribution in [-0.4, -0.2) is 63.9 Å². The van der Waals surface area contributed by atoms with Crippen LogP contribution in [0.1, 0.15) is 25.7 Å². The number of rotatable bonds is 9. The zero-order valence-corrected chi connectivity index (χ0v) is 21.9. The van der Waals surface area contributed by atoms with E-state index in [1.807, 2.05) is 0 Å². The van der Waals surface area contributed by atoms with Crippen molar-refractivity contribution in [2.45, 2.75) is 30.6 Å². The summed E-state index contributed by atoms with van der Waals surface area (Å²) in [6.07, 6.45) is 3.90. The lowest BCUT2D eigenvalue weighted by Gasteiger charge is -2.22. The molecule has 3 heterocycles. The number of amides is 2. The predicted octanol–water partition coefficient (Wildman–Crippen LogP) is 3.72. The van der Waals surface area contributed by atoms with E-state index in [9.17, 15) is 13.2 Å². The molecule has 2 aliphatic rings. The summed E-state index contributed by atoms with van der Waals surface area (Å²) in [5.41, 5.74) is 1.95. The van der Waals surface area contributed by atoms with Gasteiger partial charge in [-0.2, -0.15) is 8.42 Å². The van der Waals surface area contributed by atoms with Gasteiger partial charge in [-0.15, -0.1) is 0 Å². The van der Waals surface area contributed by atoms with E-state index in [1.54, 1.807) is 18.2 Å². The number of carbonyl (C=O) groups excluding carboxylic acids is 1. The lowest BCUT2D eigenvalue weighted by molar-refractivity contribution is 0.0671. The van der Waals surface area contributed by atoms with Gasteiger partial charge in [0.1, 0.15) is 10.6 Å². The van der Waals surface area contributed by atoms with Crippen molar-refractivity contribution < 1.29 is 26.9 Å². The molecule has 11 nitrogen and oxygen atoms in total. The number of urea groups is 1. The van der Waals surface area contributed by atoms with Gasteiger partial charge in [0.2, 0.25) is 5.95 Å². The minimum absolute atomic E-state index is 0.0578. The van der Waals surface area contributed by atoms with Crippen LogP contribution in [0.25, 0.3) is 11.0 Å². The number of imidazole rings is 1. The van der Waals surface area contributed by atoms with Gasteiger partial charge in [-0.3, -0.25) is 5.32 Å². The molecule has 3 aromatic rings. The summed E-state index contributed by atoms with van der Waals surface area (Å²) < 4.78 is 41.8. The van der Waals surface area contributed by atoms with Crippen molar-refractivity contribution in [1.29, 1.82) is 0 Å². The second-order valence-electron chi connectivity index (χ2n) is 9.65. The fourth-order valence-electron chi connectivity index (χ4n) is 4.57. The Morgan fingerprint density at radius 3 is 2.29 bits per heavy atom. The van der Waals surface area contributed by atoms with Crippen LogP contribution >= 0.6 is 0 Å². The number of aromatic nitrogens is 2. The molecule has 0 bridgehead atoms. The Morgan fingerprint density at radius 1 is 0.947 bits per heavy atom. The molecular weight excluding hydrogens is 510 g/mol. The maximum absolute atomic E-state index is 12.9. The Labute approximate surface area is 221 Å². The van der Waals surface area contributed by atoms with Crippen LogP contribution in [0.5, 0.6) is 5.75 Å². The van der Waals surface area contributed by atoms with Gasteiger partial charge in [0, 0.05) is 51.3 Å². The van der Waals surface area contributed by atoms with Gasteiger partial charge in [0.25, 0.3) is 0 Å². The van der Waals surface area contributed by atoms with Crippen LogP contribution in [0.3, 0.4) is 0 Å². The van der Waals surface area contributed by atoms with Crippen LogP contribution in [0.4, 0.5) is 16.4 Å². The molecule has 0 spiro atoms. The van der Waals surface area contributed by atoms with Gasteiger partial charge in [-0.1, -0.05) is 0 Å². The lowest BCUT2D eigenvalue weighted by Crippen LogP contribution is -2.35. The second kappa shape index (κ2) is 12.0. The zero-order valence-electron chi connectivity index (χ0n) is 21.1. The normalized spacial score (nSPS) is 17.3. The van der Waals surface area contributed by atoms with Crippen molar-refractivity contribution in [3.8, 4) is 5.75 Å². The topological polar surface area (TPSA) is 144 Å². The third-order valence-corrected chi connectivity index (χ3v) is 8.12. The monoisotopic (exact) mass is 543 g/mol. The van der Waals surface area contributed by atoms with Crippen molar-refractivity contribution >= 4 is 38.8 Å². The molecule has 4 N–H and O–H groups in total. The SMILES string of the molecule is O=C(NCC1CCOCC1)Nc1nc2ccc(OS(=O)(=O)c3ccc(NCC4CCOCC4)cc3)cc2[nH]1. The van der Waals surface area contributed by atoms with E-state index in [2.05, 4.69) is 25.9 Å². The number of nitrogens with zero attached hydrogens (tertiary/aromatic N) is 1. The van der Waals surface area contributed by atoms with Crippen molar-refractivity contribution in [1.82, 2.24) is 15.3 Å². The number of fused-ring (bicyclic) bond motifs is 1. The molecule has 5 rings (SSSR count). The summed E-state index contributed by atoms with van der Waals surface area (Å²) in [5, 5.41) is 8.90. The minimum Gasteiger partial charge on any atom is -0.385 e. The molecule has 0 atom stereocenters. The highest BCUT2D eigenvalue weighted by atomic mass is 32.2. The minimum atomic E-state index is -4.03. The molecular formula is C26H33N5O6S. The summed E-state index contributed by atoms with van der Waals surface area (Å²) in [6.45, 7) is 4.40. The van der Waals surface area contributed by atoms with E-state index in [-0.39, 0.29) is 22.6 Å². The Bertz CT molecular complexity index is 1330. The highest BCUT2D eigenvalue weighted by Gasteiger charge is 2.19. The predicted molar refractivity (Wildman–Crippen MR) is 143 cm³/mol. The number of nitrogens with one attached hydrogen (secondary N) is 4. The Balaban J connectivity index is 1.16. The van der Waals surface area contributed by atoms with Gasteiger partial charge < -0.3 is 29.3 Å². The van der Waals surface area contributed by atoms with E-state index in [4.69, 9.17) is 13.7 Å². The summed E-state index contributed by atoms with van der Waals surface area (Å²) in [7, 11) is -4.03. The Kier molecular flexibility index (Phi) is 8.30. The van der Waals surface area contributed by atoms with Crippen molar-refractivity contribution in [2.24, 2.45) is 11.8 Å². The number of ether oxygens (including phenoxy) is 2. The third kappa shape index (κ3) is 6.94. The average molecular weight is 544 g/mol. The second-order valence-corrected chi connectivity index (χ2v) is 11.2. The van der Waals surface area contributed by atoms with E-state index < -0.39 is 10.1 Å². The molecule has 0 aliphatic carbocycles. The molecule has 0 unspecified atom stereocenters. The molecule has 2 aliphatic heterocycles. The van der Waals surface area contributed by atoms with Gasteiger partial charge in [-0.05, 0) is 73.9 Å². The quantitative estimate of drug-likeness (QED) is 0.299. The third-order valence-electron chi connectivity index (χ3n) is 6.86. The van der Waals surface area contributed by atoms with E-state index >= 15 is 0 Å². The summed E-state index contributed by atoms with van der Waals surface area (Å²) >= 11 is 0. The fraction of sp³-hybridized carbons (Fsp3) is 0.462. The first-order chi connectivity index (χ1) is 18.4. The molecule has 0 saturated carbocycles. The Hall–Kier alpha value is -3.35. The van der Waals surface area contributed by atoms with Gasteiger partial charge in [0.15, 0.2) is 0 Å². The van der Waals surface area contributed by atoms with Crippen molar-refractivity contribution in [3.63, 3.8) is 0 Å². The van der Waals surface area contributed by atoms with E-state index in [1.165, 1.54) is 24.3 Å². The van der Waals surface area contributed by atoms with Crippen molar-refractivity contribution in [3.05, 3.63) is 42.5 Å². The number of anilines is 2. The summed E-state index contributed by atoms with van der Waals surface area (Å²) in [6, 6.07) is 10.9.